The zero-order chi connectivity index (χ0) is 17.1. The van der Waals surface area contributed by atoms with Gasteiger partial charge in [0.05, 0.1) is 11.8 Å². The molecule has 9 heteroatoms. The normalized spacial score (nSPS) is 14.5. The second-order valence-electron chi connectivity index (χ2n) is 6.01. The molecule has 0 bridgehead atoms. The Morgan fingerprint density at radius 3 is 2.79 bits per heavy atom. The Bertz CT molecular complexity index is 732. The van der Waals surface area contributed by atoms with Crippen LogP contribution in [0.5, 0.6) is 0 Å². The number of H-pyrrole nitrogens is 1. The molecule has 128 valence electrons. The lowest BCUT2D eigenvalue weighted by Gasteiger charge is -2.13. The number of likely N-dealkylation sites (tertiary alicyclic amines) is 1. The third-order valence-electron chi connectivity index (χ3n) is 3.91. The first-order chi connectivity index (χ1) is 11.6. The molecule has 0 spiro atoms. The number of aromatic amines is 1. The topological polar surface area (TPSA) is 96.8 Å². The number of amides is 1. The van der Waals surface area contributed by atoms with E-state index in [1.807, 2.05) is 18.7 Å². The van der Waals surface area contributed by atoms with Crippen LogP contribution in [-0.2, 0) is 0 Å². The molecule has 1 amide bonds. The molecule has 0 unspecified atom stereocenters. The smallest absolute Gasteiger partial charge is 0.270 e. The lowest BCUT2D eigenvalue weighted by atomic mass is 10.2. The van der Waals surface area contributed by atoms with E-state index in [1.54, 1.807) is 16.9 Å². The van der Waals surface area contributed by atoms with Gasteiger partial charge in [-0.25, -0.2) is 4.68 Å². The van der Waals surface area contributed by atoms with Gasteiger partial charge in [0.1, 0.15) is 5.69 Å². The molecule has 1 saturated heterocycles. The predicted molar refractivity (Wildman–Crippen MR) is 89.2 cm³/mol. The summed E-state index contributed by atoms with van der Waals surface area (Å²) in [5, 5.41) is 12.1. The van der Waals surface area contributed by atoms with Crippen molar-refractivity contribution in [1.82, 2.24) is 30.1 Å². The summed E-state index contributed by atoms with van der Waals surface area (Å²) in [4.78, 5) is 29.4. The highest BCUT2D eigenvalue weighted by Crippen LogP contribution is 2.19. The first-order valence-electron chi connectivity index (χ1n) is 7.98. The molecule has 2 aromatic rings. The van der Waals surface area contributed by atoms with Gasteiger partial charge in [0, 0.05) is 24.8 Å². The van der Waals surface area contributed by atoms with E-state index in [4.69, 9.17) is 0 Å². The summed E-state index contributed by atoms with van der Waals surface area (Å²) in [6.45, 7) is 5.53. The highest BCUT2D eigenvalue weighted by Gasteiger charge is 2.22. The molecule has 1 fully saturated rings. The summed E-state index contributed by atoms with van der Waals surface area (Å²) in [5.41, 5.74) is 0.978. The van der Waals surface area contributed by atoms with Crippen molar-refractivity contribution in [2.45, 2.75) is 37.9 Å². The highest BCUT2D eigenvalue weighted by molar-refractivity contribution is 7.99. The number of ketones is 1. The van der Waals surface area contributed by atoms with Crippen LogP contribution >= 0.6 is 11.8 Å². The van der Waals surface area contributed by atoms with E-state index < -0.39 is 0 Å². The fraction of sp³-hybridized carbons (Fsp3) is 0.533. The Balaban J connectivity index is 1.61. The SMILES string of the molecule is CC(C)n1nnnc1SCC(=O)c1c[nH]c(C(=O)N2CCCC2)c1. The summed E-state index contributed by atoms with van der Waals surface area (Å²) >= 11 is 1.30. The third-order valence-corrected chi connectivity index (χ3v) is 4.85. The van der Waals surface area contributed by atoms with Gasteiger partial charge in [0.15, 0.2) is 5.78 Å². The van der Waals surface area contributed by atoms with Crippen LogP contribution in [-0.4, -0.2) is 60.6 Å². The number of hydrogen-bond donors (Lipinski definition) is 1. The predicted octanol–water partition coefficient (Wildman–Crippen LogP) is 1.79. The largest absolute Gasteiger partial charge is 0.356 e. The van der Waals surface area contributed by atoms with Crippen LogP contribution < -0.4 is 0 Å². The van der Waals surface area contributed by atoms with E-state index in [9.17, 15) is 9.59 Å². The van der Waals surface area contributed by atoms with Gasteiger partial charge in [-0.1, -0.05) is 11.8 Å². The first kappa shape index (κ1) is 16.7. The molecule has 1 aliphatic heterocycles. The van der Waals surface area contributed by atoms with Crippen molar-refractivity contribution in [3.63, 3.8) is 0 Å². The van der Waals surface area contributed by atoms with Gasteiger partial charge >= 0.3 is 0 Å². The van der Waals surface area contributed by atoms with Gasteiger partial charge < -0.3 is 9.88 Å². The average molecular weight is 348 g/mol. The summed E-state index contributed by atoms with van der Waals surface area (Å²) in [5.74, 6) is 0.125. The van der Waals surface area contributed by atoms with Crippen LogP contribution in [0.15, 0.2) is 17.4 Å². The number of aromatic nitrogens is 5. The maximum atomic E-state index is 12.3. The van der Waals surface area contributed by atoms with Crippen molar-refractivity contribution < 1.29 is 9.59 Å². The molecule has 1 aliphatic rings. The molecule has 0 aliphatic carbocycles. The van der Waals surface area contributed by atoms with E-state index >= 15 is 0 Å². The number of nitrogens with zero attached hydrogens (tertiary/aromatic N) is 5. The molecule has 1 N–H and O–H groups in total. The van der Waals surface area contributed by atoms with Crippen molar-refractivity contribution in [2.75, 3.05) is 18.8 Å². The minimum absolute atomic E-state index is 0.0389. The maximum Gasteiger partial charge on any atom is 0.270 e. The summed E-state index contributed by atoms with van der Waals surface area (Å²) in [6.07, 6.45) is 3.68. The van der Waals surface area contributed by atoms with Crippen molar-refractivity contribution >= 4 is 23.5 Å². The highest BCUT2D eigenvalue weighted by atomic mass is 32.2. The zero-order valence-corrected chi connectivity index (χ0v) is 14.5. The van der Waals surface area contributed by atoms with Gasteiger partial charge in [-0.15, -0.1) is 5.10 Å². The monoisotopic (exact) mass is 348 g/mol. The molecular weight excluding hydrogens is 328 g/mol. The van der Waals surface area contributed by atoms with Crippen molar-refractivity contribution in [3.05, 3.63) is 23.5 Å². The van der Waals surface area contributed by atoms with Crippen molar-refractivity contribution in [2.24, 2.45) is 0 Å². The Morgan fingerprint density at radius 2 is 2.08 bits per heavy atom. The number of carbonyl (C=O) groups excluding carboxylic acids is 2. The minimum atomic E-state index is -0.0602. The summed E-state index contributed by atoms with van der Waals surface area (Å²) < 4.78 is 1.68. The minimum Gasteiger partial charge on any atom is -0.356 e. The van der Waals surface area contributed by atoms with E-state index in [-0.39, 0.29) is 23.5 Å². The first-order valence-corrected chi connectivity index (χ1v) is 8.96. The third kappa shape index (κ3) is 3.50. The summed E-state index contributed by atoms with van der Waals surface area (Å²) in [7, 11) is 0. The van der Waals surface area contributed by atoms with Crippen molar-refractivity contribution in [1.29, 1.82) is 0 Å². The van der Waals surface area contributed by atoms with E-state index in [0.717, 1.165) is 25.9 Å². The number of thioether (sulfide) groups is 1. The molecule has 8 nitrogen and oxygen atoms in total. The molecule has 24 heavy (non-hydrogen) atoms. The fourth-order valence-corrected chi connectivity index (χ4v) is 3.49. The van der Waals surface area contributed by atoms with Crippen LogP contribution in [0.2, 0.25) is 0 Å². The van der Waals surface area contributed by atoms with Gasteiger partial charge in [0.25, 0.3) is 5.91 Å². The Hall–Kier alpha value is -2.16. The van der Waals surface area contributed by atoms with Crippen molar-refractivity contribution in [3.8, 4) is 0 Å². The standard InChI is InChI=1S/C15H20N6O2S/c1-10(2)21-15(17-18-19-21)24-9-13(22)11-7-12(16-8-11)14(23)20-5-3-4-6-20/h7-8,10,16H,3-6,9H2,1-2H3. The fourth-order valence-electron chi connectivity index (χ4n) is 2.59. The van der Waals surface area contributed by atoms with Crippen LogP contribution in [0.25, 0.3) is 0 Å². The van der Waals surface area contributed by atoms with Gasteiger partial charge in [-0.2, -0.15) is 0 Å². The average Bonchev–Trinajstić information content (AvgIpc) is 3.33. The number of carbonyl (C=O) groups is 2. The maximum absolute atomic E-state index is 12.3. The Labute approximate surface area is 144 Å². The molecule has 3 heterocycles. The van der Waals surface area contributed by atoms with E-state index in [0.29, 0.717) is 16.4 Å². The second kappa shape index (κ2) is 7.16. The quantitative estimate of drug-likeness (QED) is 0.631. The summed E-state index contributed by atoms with van der Waals surface area (Å²) in [6, 6.07) is 1.77. The number of hydrogen-bond acceptors (Lipinski definition) is 6. The zero-order valence-electron chi connectivity index (χ0n) is 13.7. The molecule has 3 rings (SSSR count). The molecule has 0 atom stereocenters. The molecule has 0 radical (unpaired) electrons. The van der Waals surface area contributed by atoms with Crippen LogP contribution in [0.1, 0.15) is 53.6 Å². The molecule has 0 saturated carbocycles. The second-order valence-corrected chi connectivity index (χ2v) is 6.96. The molecule has 2 aromatic heterocycles. The van der Waals surface area contributed by atoms with E-state index in [1.165, 1.54) is 11.8 Å². The number of rotatable bonds is 6. The van der Waals surface area contributed by atoms with Gasteiger partial charge in [-0.3, -0.25) is 9.59 Å². The van der Waals surface area contributed by atoms with E-state index in [2.05, 4.69) is 20.5 Å². The number of nitrogens with one attached hydrogen (secondary N) is 1. The number of Topliss-reactive ketones (excluding diaryl/α,β-unsaturated/α-hetero) is 1. The lowest BCUT2D eigenvalue weighted by molar-refractivity contribution is 0.0787. The Kier molecular flexibility index (Phi) is 4.98. The van der Waals surface area contributed by atoms with Gasteiger partial charge in [-0.05, 0) is 43.2 Å². The Morgan fingerprint density at radius 1 is 1.33 bits per heavy atom. The molecular formula is C15H20N6O2S. The van der Waals surface area contributed by atoms with Gasteiger partial charge in [0.2, 0.25) is 5.16 Å². The van der Waals surface area contributed by atoms with Crippen LogP contribution in [0, 0.1) is 0 Å². The number of tetrazole rings is 1. The van der Waals surface area contributed by atoms with Crippen LogP contribution in [0.3, 0.4) is 0 Å². The lowest BCUT2D eigenvalue weighted by Crippen LogP contribution is -2.27. The van der Waals surface area contributed by atoms with Crippen LogP contribution in [0.4, 0.5) is 0 Å². The molecule has 0 aromatic carbocycles.